The van der Waals surface area contributed by atoms with Gasteiger partial charge in [0, 0.05) is 0 Å². The smallest absolute Gasteiger partial charge is 0.126 e. The zero-order chi connectivity index (χ0) is 12.1. The summed E-state index contributed by atoms with van der Waals surface area (Å²) in [4.78, 5) is 0. The van der Waals surface area contributed by atoms with Crippen LogP contribution in [0.2, 0.25) is 0 Å². The molecule has 0 aromatic heterocycles. The third-order valence-corrected chi connectivity index (χ3v) is 2.96. The van der Waals surface area contributed by atoms with Gasteiger partial charge in [0.05, 0.1) is 0 Å². The Bertz CT molecular complexity index is 326. The van der Waals surface area contributed by atoms with Crippen LogP contribution in [0, 0.1) is 11.7 Å². The van der Waals surface area contributed by atoms with Crippen molar-refractivity contribution >= 4 is 0 Å². The van der Waals surface area contributed by atoms with Crippen molar-refractivity contribution in [1.29, 1.82) is 0 Å². The molecule has 1 rings (SSSR count). The van der Waals surface area contributed by atoms with Crippen LogP contribution in [0.5, 0.6) is 0 Å². The number of aryl methyl sites for hydroxylation is 1. The number of rotatable bonds is 5. The van der Waals surface area contributed by atoms with Crippen molar-refractivity contribution in [1.82, 2.24) is 0 Å². The third kappa shape index (κ3) is 3.96. The van der Waals surface area contributed by atoms with Crippen LogP contribution in [0.15, 0.2) is 18.2 Å². The second-order valence-corrected chi connectivity index (χ2v) is 5.29. The van der Waals surface area contributed by atoms with Crippen molar-refractivity contribution in [2.45, 2.75) is 52.9 Å². The third-order valence-electron chi connectivity index (χ3n) is 2.96. The molecule has 1 aromatic rings. The van der Waals surface area contributed by atoms with Crippen LogP contribution in [0.25, 0.3) is 0 Å². The largest absolute Gasteiger partial charge is 0.207 e. The van der Waals surface area contributed by atoms with Crippen LogP contribution in [-0.4, -0.2) is 0 Å². The molecule has 0 aliphatic heterocycles. The van der Waals surface area contributed by atoms with Gasteiger partial charge < -0.3 is 0 Å². The van der Waals surface area contributed by atoms with Gasteiger partial charge >= 0.3 is 0 Å². The standard InChI is InChI=1S/C15H23F/c1-11(2)6-5-7-14-10-13(12(3)4)8-9-15(14)16/h8-12H,5-7H2,1-4H3. The summed E-state index contributed by atoms with van der Waals surface area (Å²) in [6.07, 6.45) is 3.12. The Morgan fingerprint density at radius 3 is 2.38 bits per heavy atom. The molecule has 0 atom stereocenters. The van der Waals surface area contributed by atoms with Gasteiger partial charge in [-0.2, -0.15) is 0 Å². The lowest BCUT2D eigenvalue weighted by Gasteiger charge is -2.10. The summed E-state index contributed by atoms with van der Waals surface area (Å²) in [6.45, 7) is 8.71. The van der Waals surface area contributed by atoms with E-state index in [2.05, 4.69) is 27.7 Å². The van der Waals surface area contributed by atoms with E-state index in [1.54, 1.807) is 6.07 Å². The van der Waals surface area contributed by atoms with Gasteiger partial charge in [0.25, 0.3) is 0 Å². The topological polar surface area (TPSA) is 0 Å². The molecular weight excluding hydrogens is 199 g/mol. The highest BCUT2D eigenvalue weighted by Gasteiger charge is 2.06. The Morgan fingerprint density at radius 2 is 1.81 bits per heavy atom. The van der Waals surface area contributed by atoms with E-state index in [1.165, 1.54) is 12.0 Å². The molecule has 0 spiro atoms. The predicted octanol–water partition coefficient (Wildman–Crippen LogP) is 4.93. The molecule has 0 heterocycles. The molecule has 0 aliphatic carbocycles. The average molecular weight is 222 g/mol. The number of benzene rings is 1. The Labute approximate surface area is 98.9 Å². The van der Waals surface area contributed by atoms with Gasteiger partial charge in [-0.1, -0.05) is 46.2 Å². The van der Waals surface area contributed by atoms with E-state index in [9.17, 15) is 4.39 Å². The minimum Gasteiger partial charge on any atom is -0.207 e. The molecule has 0 fully saturated rings. The van der Waals surface area contributed by atoms with Crippen LogP contribution in [0.3, 0.4) is 0 Å². The van der Waals surface area contributed by atoms with E-state index >= 15 is 0 Å². The fourth-order valence-corrected chi connectivity index (χ4v) is 1.85. The van der Waals surface area contributed by atoms with Gasteiger partial charge in [-0.15, -0.1) is 0 Å². The molecule has 0 saturated heterocycles. The number of hydrogen-bond acceptors (Lipinski definition) is 0. The number of halogens is 1. The first-order chi connectivity index (χ1) is 7.50. The van der Waals surface area contributed by atoms with Crippen molar-refractivity contribution < 1.29 is 4.39 Å². The highest BCUT2D eigenvalue weighted by atomic mass is 19.1. The van der Waals surface area contributed by atoms with Crippen molar-refractivity contribution in [3.63, 3.8) is 0 Å². The highest BCUT2D eigenvalue weighted by molar-refractivity contribution is 5.27. The summed E-state index contributed by atoms with van der Waals surface area (Å²) in [5.74, 6) is 1.13. The van der Waals surface area contributed by atoms with E-state index in [4.69, 9.17) is 0 Å². The van der Waals surface area contributed by atoms with Gasteiger partial charge in [-0.3, -0.25) is 0 Å². The van der Waals surface area contributed by atoms with Gasteiger partial charge in [-0.25, -0.2) is 4.39 Å². The van der Waals surface area contributed by atoms with E-state index in [1.807, 2.05) is 12.1 Å². The SMILES string of the molecule is CC(C)CCCc1cc(C(C)C)ccc1F. The van der Waals surface area contributed by atoms with E-state index in [-0.39, 0.29) is 5.82 Å². The van der Waals surface area contributed by atoms with E-state index in [0.29, 0.717) is 11.8 Å². The predicted molar refractivity (Wildman–Crippen MR) is 68.3 cm³/mol. The van der Waals surface area contributed by atoms with Gasteiger partial charge in [0.15, 0.2) is 0 Å². The van der Waals surface area contributed by atoms with E-state index in [0.717, 1.165) is 18.4 Å². The lowest BCUT2D eigenvalue weighted by Crippen LogP contribution is -1.97. The minimum absolute atomic E-state index is 0.0480. The molecule has 0 N–H and O–H groups in total. The monoisotopic (exact) mass is 222 g/mol. The van der Waals surface area contributed by atoms with Gasteiger partial charge in [0.2, 0.25) is 0 Å². The van der Waals surface area contributed by atoms with Crippen LogP contribution >= 0.6 is 0 Å². The summed E-state index contributed by atoms with van der Waals surface area (Å²) in [5.41, 5.74) is 2.12. The van der Waals surface area contributed by atoms with Crippen LogP contribution in [0.4, 0.5) is 4.39 Å². The molecule has 1 heteroatoms. The van der Waals surface area contributed by atoms with Gasteiger partial charge in [-0.05, 0) is 41.9 Å². The van der Waals surface area contributed by atoms with Crippen molar-refractivity contribution in [3.05, 3.63) is 35.1 Å². The summed E-state index contributed by atoms with van der Waals surface area (Å²) in [5, 5.41) is 0. The quantitative estimate of drug-likeness (QED) is 0.662. The maximum Gasteiger partial charge on any atom is 0.126 e. The maximum absolute atomic E-state index is 13.6. The first kappa shape index (κ1) is 13.2. The number of hydrogen-bond donors (Lipinski definition) is 0. The molecule has 0 radical (unpaired) electrons. The first-order valence-corrected chi connectivity index (χ1v) is 6.29. The second-order valence-electron chi connectivity index (χ2n) is 5.29. The lowest BCUT2D eigenvalue weighted by molar-refractivity contribution is 0.542. The Morgan fingerprint density at radius 1 is 1.12 bits per heavy atom. The average Bonchev–Trinajstić information content (AvgIpc) is 2.20. The first-order valence-electron chi connectivity index (χ1n) is 6.29. The summed E-state index contributed by atoms with van der Waals surface area (Å²) >= 11 is 0. The lowest BCUT2D eigenvalue weighted by atomic mass is 9.97. The normalized spacial score (nSPS) is 11.4. The van der Waals surface area contributed by atoms with Crippen LogP contribution in [0.1, 0.15) is 57.6 Å². The Balaban J connectivity index is 2.67. The molecule has 0 bridgehead atoms. The van der Waals surface area contributed by atoms with Gasteiger partial charge in [0.1, 0.15) is 5.82 Å². The highest BCUT2D eigenvalue weighted by Crippen LogP contribution is 2.20. The minimum atomic E-state index is -0.0480. The van der Waals surface area contributed by atoms with Crippen molar-refractivity contribution in [3.8, 4) is 0 Å². The molecule has 0 saturated carbocycles. The fourth-order valence-electron chi connectivity index (χ4n) is 1.85. The molecule has 1 aromatic carbocycles. The molecular formula is C15H23F. The zero-order valence-corrected chi connectivity index (χ0v) is 10.9. The molecule has 0 amide bonds. The summed E-state index contributed by atoms with van der Waals surface area (Å²) < 4.78 is 13.6. The van der Waals surface area contributed by atoms with Crippen molar-refractivity contribution in [2.75, 3.05) is 0 Å². The van der Waals surface area contributed by atoms with Crippen LogP contribution < -0.4 is 0 Å². The molecule has 90 valence electrons. The Kier molecular flexibility index (Phi) is 4.98. The van der Waals surface area contributed by atoms with Crippen molar-refractivity contribution in [2.24, 2.45) is 5.92 Å². The fraction of sp³-hybridized carbons (Fsp3) is 0.600. The Hall–Kier alpha value is -0.850. The summed E-state index contributed by atoms with van der Waals surface area (Å²) in [7, 11) is 0. The van der Waals surface area contributed by atoms with Crippen LogP contribution in [-0.2, 0) is 6.42 Å². The molecule has 0 unspecified atom stereocenters. The van der Waals surface area contributed by atoms with E-state index < -0.39 is 0 Å². The maximum atomic E-state index is 13.6. The molecule has 16 heavy (non-hydrogen) atoms. The summed E-state index contributed by atoms with van der Waals surface area (Å²) in [6, 6.07) is 5.53. The second kappa shape index (κ2) is 6.03. The molecule has 0 aliphatic rings. The zero-order valence-electron chi connectivity index (χ0n) is 10.9. The molecule has 0 nitrogen and oxygen atoms in total.